The van der Waals surface area contributed by atoms with Crippen molar-refractivity contribution in [2.75, 3.05) is 0 Å². The molecule has 1 spiro atoms. The summed E-state index contributed by atoms with van der Waals surface area (Å²) in [4.78, 5) is 27.7. The number of fused-ring (bicyclic) bond motifs is 2. The van der Waals surface area contributed by atoms with Crippen LogP contribution in [0, 0.1) is 11.7 Å². The summed E-state index contributed by atoms with van der Waals surface area (Å²) in [6.07, 6.45) is 9.37. The van der Waals surface area contributed by atoms with Gasteiger partial charge in [0.25, 0.3) is 5.56 Å². The molecule has 0 saturated heterocycles. The van der Waals surface area contributed by atoms with E-state index in [1.54, 1.807) is 22.8 Å². The molecule has 3 aliphatic rings. The van der Waals surface area contributed by atoms with Gasteiger partial charge in [0.1, 0.15) is 17.2 Å². The van der Waals surface area contributed by atoms with E-state index in [0.717, 1.165) is 55.5 Å². The van der Waals surface area contributed by atoms with Crippen LogP contribution in [0.3, 0.4) is 0 Å². The molecule has 1 fully saturated rings. The zero-order chi connectivity index (χ0) is 33.3. The monoisotopic (exact) mass is 647 g/mol. The van der Waals surface area contributed by atoms with Crippen LogP contribution in [-0.2, 0) is 25.8 Å². The highest BCUT2D eigenvalue weighted by molar-refractivity contribution is 5.98. The highest BCUT2D eigenvalue weighted by Gasteiger charge is 2.43. The van der Waals surface area contributed by atoms with Gasteiger partial charge in [-0.1, -0.05) is 61.5 Å². The number of aliphatic hydroxyl groups is 1. The van der Waals surface area contributed by atoms with E-state index in [-0.39, 0.29) is 29.3 Å². The van der Waals surface area contributed by atoms with Crippen LogP contribution in [0.1, 0.15) is 103 Å². The number of carbonyl (C=O) groups is 1. The Morgan fingerprint density at radius 2 is 1.81 bits per heavy atom. The maximum atomic E-state index is 14.3. The lowest BCUT2D eigenvalue weighted by Crippen LogP contribution is -2.38. The maximum Gasteiger partial charge on any atom is 0.258 e. The number of pyridine rings is 1. The minimum atomic E-state index is -0.684. The van der Waals surface area contributed by atoms with Crippen molar-refractivity contribution in [1.29, 1.82) is 0 Å². The van der Waals surface area contributed by atoms with Crippen LogP contribution >= 0.6 is 0 Å². The fourth-order valence-corrected chi connectivity index (χ4v) is 8.58. The van der Waals surface area contributed by atoms with E-state index < -0.39 is 11.9 Å². The Kier molecular flexibility index (Phi) is 9.37. The van der Waals surface area contributed by atoms with Crippen LogP contribution < -0.4 is 10.3 Å². The number of hydrogen-bond donors (Lipinski definition) is 1. The van der Waals surface area contributed by atoms with Crippen LogP contribution in [-0.4, -0.2) is 27.2 Å². The van der Waals surface area contributed by atoms with Crippen LogP contribution in [0.15, 0.2) is 83.7 Å². The summed E-state index contributed by atoms with van der Waals surface area (Å²) in [5.41, 5.74) is 5.42. The van der Waals surface area contributed by atoms with E-state index in [0.29, 0.717) is 48.4 Å². The number of aromatic nitrogens is 1. The van der Waals surface area contributed by atoms with Crippen molar-refractivity contribution in [3.63, 3.8) is 0 Å². The smallest absolute Gasteiger partial charge is 0.258 e. The van der Waals surface area contributed by atoms with Crippen molar-refractivity contribution < 1.29 is 19.0 Å². The van der Waals surface area contributed by atoms with Crippen molar-refractivity contribution in [2.45, 2.75) is 108 Å². The van der Waals surface area contributed by atoms with Gasteiger partial charge in [-0.2, -0.15) is 0 Å². The van der Waals surface area contributed by atoms with E-state index in [4.69, 9.17) is 4.74 Å². The number of rotatable bonds is 11. The van der Waals surface area contributed by atoms with Gasteiger partial charge in [-0.3, -0.25) is 9.59 Å². The molecule has 48 heavy (non-hydrogen) atoms. The molecule has 6 heteroatoms. The molecule has 0 bridgehead atoms. The van der Waals surface area contributed by atoms with Crippen LogP contribution in [0.5, 0.6) is 5.75 Å². The molecule has 0 unspecified atom stereocenters. The van der Waals surface area contributed by atoms with Gasteiger partial charge in [-0.05, 0) is 129 Å². The van der Waals surface area contributed by atoms with E-state index in [1.807, 2.05) is 18.2 Å². The molecule has 5 nitrogen and oxygen atoms in total. The molecule has 0 radical (unpaired) electrons. The molecule has 3 atom stereocenters. The first-order chi connectivity index (χ1) is 23.3. The number of carbonyl (C=O) groups excluding carboxylic acids is 1. The van der Waals surface area contributed by atoms with Crippen molar-refractivity contribution >= 4 is 5.78 Å². The van der Waals surface area contributed by atoms with Gasteiger partial charge < -0.3 is 14.4 Å². The van der Waals surface area contributed by atoms with E-state index >= 15 is 0 Å². The molecule has 4 aromatic rings. The Hall–Kier alpha value is -4.03. The molecule has 7 rings (SSSR count). The zero-order valence-electron chi connectivity index (χ0n) is 27.9. The van der Waals surface area contributed by atoms with Crippen LogP contribution in [0.25, 0.3) is 11.1 Å². The zero-order valence-corrected chi connectivity index (χ0v) is 27.9. The largest absolute Gasteiger partial charge is 0.487 e. The molecule has 1 aliphatic carbocycles. The number of aryl methyl sites for hydroxylation is 1. The topological polar surface area (TPSA) is 68.5 Å². The average Bonchev–Trinajstić information content (AvgIpc) is 3.78. The van der Waals surface area contributed by atoms with Gasteiger partial charge in [0.2, 0.25) is 0 Å². The second kappa shape index (κ2) is 13.8. The van der Waals surface area contributed by atoms with E-state index in [2.05, 4.69) is 37.3 Å². The Morgan fingerprint density at radius 3 is 2.58 bits per heavy atom. The molecular weight excluding hydrogens is 601 g/mol. The number of Topliss-reactive ketones (excluding diaryl/α,β-unsaturated/α-hetero) is 1. The molecule has 250 valence electrons. The number of hydrogen-bond acceptors (Lipinski definition) is 4. The lowest BCUT2D eigenvalue weighted by molar-refractivity contribution is 0.0343. The van der Waals surface area contributed by atoms with Crippen molar-refractivity contribution in [2.24, 2.45) is 5.92 Å². The summed E-state index contributed by atoms with van der Waals surface area (Å²) >= 11 is 0. The van der Waals surface area contributed by atoms with Crippen molar-refractivity contribution in [3.05, 3.63) is 123 Å². The number of ketones is 1. The summed E-state index contributed by atoms with van der Waals surface area (Å²) in [6, 6.07) is 24.4. The first kappa shape index (κ1) is 32.5. The highest BCUT2D eigenvalue weighted by Crippen LogP contribution is 2.50. The first-order valence-corrected chi connectivity index (χ1v) is 17.9. The third-order valence-corrected chi connectivity index (χ3v) is 11.2. The minimum Gasteiger partial charge on any atom is -0.487 e. The Balaban J connectivity index is 1.16. The summed E-state index contributed by atoms with van der Waals surface area (Å²) in [6.45, 7) is 2.72. The molecular formula is C42H46FNO4. The third-order valence-electron chi connectivity index (χ3n) is 11.2. The number of ether oxygens (including phenoxy) is 1. The second-order valence-electron chi connectivity index (χ2n) is 14.3. The van der Waals surface area contributed by atoms with E-state index in [9.17, 15) is 19.1 Å². The fraction of sp³-hybridized carbons (Fsp3) is 0.429. The SMILES string of the molecule is CCc1ccc2c(c1)[C@@H](CC[C@@H](O)[C@@H](CC(=O)c1cc(-c3cccc(F)c3)c(=O)n3c1CCC3)Cc1ccccc1)CC1(CCCC1)O2. The fourth-order valence-electron chi connectivity index (χ4n) is 8.58. The maximum absolute atomic E-state index is 14.3. The Bertz CT molecular complexity index is 1840. The summed E-state index contributed by atoms with van der Waals surface area (Å²) in [5.74, 6) is 0.492. The third kappa shape index (κ3) is 6.64. The summed E-state index contributed by atoms with van der Waals surface area (Å²) in [5, 5.41) is 11.9. The number of nitrogens with zero attached hydrogens (tertiary/aromatic N) is 1. The Labute approximate surface area is 282 Å². The van der Waals surface area contributed by atoms with E-state index in [1.165, 1.54) is 36.1 Å². The molecule has 3 heterocycles. The lowest BCUT2D eigenvalue weighted by Gasteiger charge is -2.41. The number of aliphatic hydroxyl groups excluding tert-OH is 1. The lowest BCUT2D eigenvalue weighted by atomic mass is 9.77. The van der Waals surface area contributed by atoms with Crippen molar-refractivity contribution in [1.82, 2.24) is 4.57 Å². The van der Waals surface area contributed by atoms with Gasteiger partial charge >= 0.3 is 0 Å². The number of halogens is 1. The summed E-state index contributed by atoms with van der Waals surface area (Å²) < 4.78 is 22.6. The standard InChI is InChI=1S/C42H46FNO4/c1-2-28-15-18-40-34(23-28)31(27-42(48-40)19-6-7-20-42)16-17-38(45)32(22-29-10-4-3-5-11-29)25-39(46)36-26-35(30-12-8-13-33(43)24-30)41(47)44-21-9-14-37(36)44/h3-5,8,10-13,15,18,23-24,26,31-32,38,45H,2,6-7,9,14,16-17,19-22,25,27H2,1H3/t31-,32+,38+/m0/s1. The average molecular weight is 648 g/mol. The first-order valence-electron chi connectivity index (χ1n) is 17.9. The molecule has 1 N–H and O–H groups in total. The van der Waals surface area contributed by atoms with Crippen LogP contribution in [0.2, 0.25) is 0 Å². The molecule has 1 saturated carbocycles. The van der Waals surface area contributed by atoms with Gasteiger partial charge in [-0.25, -0.2) is 4.39 Å². The van der Waals surface area contributed by atoms with Gasteiger partial charge in [-0.15, -0.1) is 0 Å². The predicted octanol–water partition coefficient (Wildman–Crippen LogP) is 8.61. The van der Waals surface area contributed by atoms with Gasteiger partial charge in [0, 0.05) is 29.8 Å². The van der Waals surface area contributed by atoms with Crippen LogP contribution in [0.4, 0.5) is 4.39 Å². The van der Waals surface area contributed by atoms with Crippen molar-refractivity contribution in [3.8, 4) is 16.9 Å². The normalized spacial score (nSPS) is 19.0. The molecule has 2 aliphatic heterocycles. The highest BCUT2D eigenvalue weighted by atomic mass is 19.1. The molecule has 1 aromatic heterocycles. The molecule has 3 aromatic carbocycles. The predicted molar refractivity (Wildman–Crippen MR) is 187 cm³/mol. The van der Waals surface area contributed by atoms with Gasteiger partial charge in [0.05, 0.1) is 6.10 Å². The quantitative estimate of drug-likeness (QED) is 0.166. The van der Waals surface area contributed by atoms with Gasteiger partial charge in [0.15, 0.2) is 5.78 Å². The minimum absolute atomic E-state index is 0.0767. The molecule has 0 amide bonds. The summed E-state index contributed by atoms with van der Waals surface area (Å²) in [7, 11) is 0. The Morgan fingerprint density at radius 1 is 1.00 bits per heavy atom. The second-order valence-corrected chi connectivity index (χ2v) is 14.3. The number of benzene rings is 3.